The molecule has 0 bridgehead atoms. The van der Waals surface area contributed by atoms with Crippen LogP contribution in [0.4, 0.5) is 0 Å². The van der Waals surface area contributed by atoms with Crippen molar-refractivity contribution in [1.82, 2.24) is 25.2 Å². The van der Waals surface area contributed by atoms with Crippen molar-refractivity contribution in [2.45, 2.75) is 26.3 Å². The van der Waals surface area contributed by atoms with Crippen LogP contribution in [-0.4, -0.2) is 51.4 Å². The number of aromatic amines is 1. The Morgan fingerprint density at radius 1 is 1.38 bits per heavy atom. The number of carbonyl (C=O) groups excluding carboxylic acids is 1. The van der Waals surface area contributed by atoms with Crippen LogP contribution in [0, 0.1) is 6.92 Å². The van der Waals surface area contributed by atoms with Gasteiger partial charge in [-0.1, -0.05) is 0 Å². The second kappa shape index (κ2) is 6.92. The van der Waals surface area contributed by atoms with Crippen LogP contribution in [0.15, 0.2) is 29.3 Å². The number of hydrogen-bond acceptors (Lipinski definition) is 5. The van der Waals surface area contributed by atoms with Crippen molar-refractivity contribution in [3.8, 4) is 11.4 Å². The molecule has 1 saturated heterocycles. The maximum Gasteiger partial charge on any atom is 0.255 e. The molecule has 1 fully saturated rings. The first kappa shape index (κ1) is 16.3. The number of hydrogen-bond donors (Lipinski definition) is 2. The summed E-state index contributed by atoms with van der Waals surface area (Å²) in [6.45, 7) is 6.00. The maximum absolute atomic E-state index is 12.5. The summed E-state index contributed by atoms with van der Waals surface area (Å²) in [5.41, 5.74) is 1.55. The van der Waals surface area contributed by atoms with Gasteiger partial charge in [-0.3, -0.25) is 14.6 Å². The number of H-pyrrole nitrogens is 1. The summed E-state index contributed by atoms with van der Waals surface area (Å²) in [4.78, 5) is 38.0. The van der Waals surface area contributed by atoms with Crippen molar-refractivity contribution < 1.29 is 4.79 Å². The average molecular weight is 327 g/mol. The first-order valence-electron chi connectivity index (χ1n) is 8.06. The number of amides is 1. The summed E-state index contributed by atoms with van der Waals surface area (Å²) in [5, 5.41) is 3.25. The largest absolute Gasteiger partial charge is 0.337 e. The van der Waals surface area contributed by atoms with Crippen LogP contribution >= 0.6 is 0 Å². The number of nitrogens with zero attached hydrogens (tertiary/aromatic N) is 3. The normalized spacial score (nSPS) is 17.8. The molecule has 0 radical (unpaired) electrons. The lowest BCUT2D eigenvalue weighted by molar-refractivity contribution is -0.133. The lowest BCUT2D eigenvalue weighted by Crippen LogP contribution is -2.52. The van der Waals surface area contributed by atoms with Gasteiger partial charge in [0, 0.05) is 54.9 Å². The summed E-state index contributed by atoms with van der Waals surface area (Å²) in [5.74, 6) is 0.461. The van der Waals surface area contributed by atoms with E-state index in [1.807, 2.05) is 11.8 Å². The molecule has 126 valence electrons. The van der Waals surface area contributed by atoms with Crippen LogP contribution in [0.1, 0.15) is 18.2 Å². The van der Waals surface area contributed by atoms with E-state index < -0.39 is 0 Å². The number of piperazine rings is 1. The second-order valence-electron chi connectivity index (χ2n) is 6.03. The Morgan fingerprint density at radius 2 is 2.12 bits per heavy atom. The molecule has 24 heavy (non-hydrogen) atoms. The standard InChI is InChI=1S/C17H21N5O2/c1-11-10-19-7-8-22(11)15(23)9-14-12(2)20-16(21-17(14)24)13-3-5-18-6-4-13/h3-6,11,19H,7-10H2,1-2H3,(H,20,21,24). The Balaban J connectivity index is 1.84. The molecule has 2 aromatic heterocycles. The van der Waals surface area contributed by atoms with Gasteiger partial charge in [0.25, 0.3) is 5.56 Å². The van der Waals surface area contributed by atoms with Crippen molar-refractivity contribution in [3.63, 3.8) is 0 Å². The van der Waals surface area contributed by atoms with Crippen molar-refractivity contribution in [1.29, 1.82) is 0 Å². The predicted octanol–water partition coefficient (Wildman–Crippen LogP) is 0.503. The molecule has 1 amide bonds. The van der Waals surface area contributed by atoms with Gasteiger partial charge in [-0.25, -0.2) is 4.98 Å². The molecule has 7 heteroatoms. The van der Waals surface area contributed by atoms with Crippen molar-refractivity contribution in [3.05, 3.63) is 46.1 Å². The van der Waals surface area contributed by atoms with Crippen LogP contribution in [0.3, 0.4) is 0 Å². The Bertz CT molecular complexity index is 787. The first-order chi connectivity index (χ1) is 11.6. The highest BCUT2D eigenvalue weighted by molar-refractivity contribution is 5.79. The van der Waals surface area contributed by atoms with Crippen LogP contribution in [0.5, 0.6) is 0 Å². The van der Waals surface area contributed by atoms with Gasteiger partial charge in [0.15, 0.2) is 0 Å². The van der Waals surface area contributed by atoms with E-state index in [2.05, 4.69) is 20.3 Å². The van der Waals surface area contributed by atoms with E-state index in [-0.39, 0.29) is 23.9 Å². The molecular weight excluding hydrogens is 306 g/mol. The van der Waals surface area contributed by atoms with Crippen molar-refractivity contribution in [2.24, 2.45) is 0 Å². The zero-order valence-electron chi connectivity index (χ0n) is 13.9. The van der Waals surface area contributed by atoms with Gasteiger partial charge in [0.2, 0.25) is 5.91 Å². The van der Waals surface area contributed by atoms with Crippen molar-refractivity contribution >= 4 is 5.91 Å². The third kappa shape index (κ3) is 3.35. The van der Waals surface area contributed by atoms with E-state index >= 15 is 0 Å². The van der Waals surface area contributed by atoms with E-state index in [4.69, 9.17) is 0 Å². The van der Waals surface area contributed by atoms with E-state index in [9.17, 15) is 9.59 Å². The van der Waals surface area contributed by atoms with E-state index in [0.717, 1.165) is 18.7 Å². The molecule has 0 saturated carbocycles. The van der Waals surface area contributed by atoms with Gasteiger partial charge in [0.1, 0.15) is 5.82 Å². The Labute approximate surface area is 140 Å². The van der Waals surface area contributed by atoms with E-state index in [1.54, 1.807) is 31.5 Å². The zero-order valence-corrected chi connectivity index (χ0v) is 13.9. The maximum atomic E-state index is 12.5. The predicted molar refractivity (Wildman–Crippen MR) is 90.6 cm³/mol. The second-order valence-corrected chi connectivity index (χ2v) is 6.03. The quantitative estimate of drug-likeness (QED) is 0.857. The number of carbonyl (C=O) groups is 1. The number of pyridine rings is 1. The van der Waals surface area contributed by atoms with Gasteiger partial charge in [0.05, 0.1) is 6.42 Å². The minimum atomic E-state index is -0.259. The topological polar surface area (TPSA) is 91.0 Å². The van der Waals surface area contributed by atoms with Crippen LogP contribution in [0.25, 0.3) is 11.4 Å². The summed E-state index contributed by atoms with van der Waals surface area (Å²) in [7, 11) is 0. The molecule has 0 aliphatic carbocycles. The molecule has 3 heterocycles. The van der Waals surface area contributed by atoms with E-state index in [0.29, 0.717) is 23.6 Å². The minimum absolute atomic E-state index is 0.0314. The molecule has 7 nitrogen and oxygen atoms in total. The highest BCUT2D eigenvalue weighted by Crippen LogP contribution is 2.14. The smallest absolute Gasteiger partial charge is 0.255 e. The average Bonchev–Trinajstić information content (AvgIpc) is 2.59. The fourth-order valence-corrected chi connectivity index (χ4v) is 2.93. The molecule has 1 aliphatic rings. The van der Waals surface area contributed by atoms with Crippen LogP contribution < -0.4 is 10.9 Å². The molecule has 1 aliphatic heterocycles. The molecule has 0 aromatic carbocycles. The first-order valence-corrected chi connectivity index (χ1v) is 8.06. The van der Waals surface area contributed by atoms with Gasteiger partial charge in [-0.2, -0.15) is 0 Å². The van der Waals surface area contributed by atoms with Crippen LogP contribution in [-0.2, 0) is 11.2 Å². The number of nitrogens with one attached hydrogen (secondary N) is 2. The molecule has 0 spiro atoms. The Kier molecular flexibility index (Phi) is 4.71. The van der Waals surface area contributed by atoms with Crippen LogP contribution in [0.2, 0.25) is 0 Å². The summed E-state index contributed by atoms with van der Waals surface area (Å²) < 4.78 is 0. The SMILES string of the molecule is Cc1nc(-c2ccncc2)[nH]c(=O)c1CC(=O)N1CCNCC1C. The summed E-state index contributed by atoms with van der Waals surface area (Å²) >= 11 is 0. The highest BCUT2D eigenvalue weighted by Gasteiger charge is 2.24. The molecular formula is C17H21N5O2. The monoisotopic (exact) mass is 327 g/mol. The fraction of sp³-hybridized carbons (Fsp3) is 0.412. The fourth-order valence-electron chi connectivity index (χ4n) is 2.93. The summed E-state index contributed by atoms with van der Waals surface area (Å²) in [6, 6.07) is 3.70. The molecule has 3 rings (SSSR count). The van der Waals surface area contributed by atoms with E-state index in [1.165, 1.54) is 0 Å². The Hall–Kier alpha value is -2.54. The third-order valence-electron chi connectivity index (χ3n) is 4.33. The summed E-state index contributed by atoms with van der Waals surface area (Å²) in [6.07, 6.45) is 3.37. The highest BCUT2D eigenvalue weighted by atomic mass is 16.2. The van der Waals surface area contributed by atoms with Gasteiger partial charge < -0.3 is 15.2 Å². The molecule has 1 atom stereocenters. The zero-order chi connectivity index (χ0) is 17.1. The lowest BCUT2D eigenvalue weighted by Gasteiger charge is -2.34. The lowest BCUT2D eigenvalue weighted by atomic mass is 10.1. The minimum Gasteiger partial charge on any atom is -0.337 e. The number of aryl methyl sites for hydroxylation is 1. The van der Waals surface area contributed by atoms with Gasteiger partial charge >= 0.3 is 0 Å². The third-order valence-corrected chi connectivity index (χ3v) is 4.33. The number of aromatic nitrogens is 3. The van der Waals surface area contributed by atoms with Gasteiger partial charge in [-0.05, 0) is 26.0 Å². The number of rotatable bonds is 3. The molecule has 1 unspecified atom stereocenters. The molecule has 2 N–H and O–H groups in total. The Morgan fingerprint density at radius 3 is 2.79 bits per heavy atom. The molecule has 2 aromatic rings. The van der Waals surface area contributed by atoms with Crippen molar-refractivity contribution in [2.75, 3.05) is 19.6 Å². The van der Waals surface area contributed by atoms with Gasteiger partial charge in [-0.15, -0.1) is 0 Å².